The lowest BCUT2D eigenvalue weighted by Crippen LogP contribution is -2.36. The number of nitrogens with zero attached hydrogens (tertiary/aromatic N) is 2. The zero-order valence-corrected chi connectivity index (χ0v) is 14.3. The van der Waals surface area contributed by atoms with Gasteiger partial charge in [0, 0.05) is 17.8 Å². The van der Waals surface area contributed by atoms with E-state index in [1.165, 1.54) is 6.20 Å². The number of amides is 1. The Balaban J connectivity index is 2.20. The average molecular weight is 321 g/mol. The molecule has 1 amide bonds. The fraction of sp³-hybridized carbons (Fsp3) is 0.688. The van der Waals surface area contributed by atoms with Crippen molar-refractivity contribution in [2.75, 3.05) is 10.6 Å². The normalized spacial score (nSPS) is 25.0. The molecule has 3 atom stereocenters. The van der Waals surface area contributed by atoms with Crippen LogP contribution in [0.3, 0.4) is 0 Å². The predicted octanol–water partition coefficient (Wildman–Crippen LogP) is 1.75. The molecule has 23 heavy (non-hydrogen) atoms. The number of hydrogen-bond acceptors (Lipinski definition) is 6. The number of nitrogens with two attached hydrogens (primary N) is 1. The van der Waals surface area contributed by atoms with Gasteiger partial charge in [0.1, 0.15) is 5.82 Å². The van der Waals surface area contributed by atoms with Crippen molar-refractivity contribution < 1.29 is 9.90 Å². The second-order valence-electron chi connectivity index (χ2n) is 7.39. The highest BCUT2D eigenvalue weighted by atomic mass is 16.3. The summed E-state index contributed by atoms with van der Waals surface area (Å²) in [5.74, 6) is 0.590. The molecule has 7 heteroatoms. The molecule has 0 radical (unpaired) electrons. The van der Waals surface area contributed by atoms with Gasteiger partial charge in [0.25, 0.3) is 5.91 Å². The maximum Gasteiger partial charge on any atom is 0.254 e. The molecule has 5 N–H and O–H groups in total. The van der Waals surface area contributed by atoms with Gasteiger partial charge in [0.15, 0.2) is 0 Å². The van der Waals surface area contributed by atoms with E-state index < -0.39 is 5.91 Å². The number of aliphatic hydroxyl groups excluding tert-OH is 1. The molecule has 1 heterocycles. The molecule has 1 saturated carbocycles. The van der Waals surface area contributed by atoms with Crippen LogP contribution in [0, 0.1) is 5.92 Å². The summed E-state index contributed by atoms with van der Waals surface area (Å²) < 4.78 is 0. The second kappa shape index (κ2) is 6.70. The molecule has 1 aromatic heterocycles. The fourth-order valence-electron chi connectivity index (χ4n) is 2.69. The number of nitrogens with one attached hydrogen (secondary N) is 2. The largest absolute Gasteiger partial charge is 0.393 e. The minimum absolute atomic E-state index is 0.0664. The number of carbonyl (C=O) groups excluding carboxylic acids is 1. The smallest absolute Gasteiger partial charge is 0.254 e. The van der Waals surface area contributed by atoms with Crippen molar-refractivity contribution in [3.05, 3.63) is 11.8 Å². The zero-order chi connectivity index (χ0) is 17.2. The molecule has 1 aliphatic rings. The van der Waals surface area contributed by atoms with E-state index in [0.29, 0.717) is 24.1 Å². The van der Waals surface area contributed by atoms with Gasteiger partial charge in [0.05, 0.1) is 11.7 Å². The Kier molecular flexibility index (Phi) is 5.09. The average Bonchev–Trinajstić information content (AvgIpc) is 2.41. The molecule has 0 unspecified atom stereocenters. The summed E-state index contributed by atoms with van der Waals surface area (Å²) in [7, 11) is 0. The Morgan fingerprint density at radius 1 is 1.39 bits per heavy atom. The number of anilines is 2. The van der Waals surface area contributed by atoms with Crippen LogP contribution in [0.4, 0.5) is 11.8 Å². The molecule has 7 nitrogen and oxygen atoms in total. The lowest BCUT2D eigenvalue weighted by molar-refractivity contribution is 0.0739. The van der Waals surface area contributed by atoms with E-state index in [-0.39, 0.29) is 23.2 Å². The van der Waals surface area contributed by atoms with Crippen molar-refractivity contribution >= 4 is 17.7 Å². The van der Waals surface area contributed by atoms with Gasteiger partial charge in [-0.05, 0) is 46.0 Å². The monoisotopic (exact) mass is 321 g/mol. The quantitative estimate of drug-likeness (QED) is 0.672. The van der Waals surface area contributed by atoms with E-state index in [9.17, 15) is 9.90 Å². The van der Waals surface area contributed by atoms with Crippen LogP contribution in [-0.2, 0) is 0 Å². The summed E-state index contributed by atoms with van der Waals surface area (Å²) in [5.41, 5.74) is 5.49. The summed E-state index contributed by atoms with van der Waals surface area (Å²) in [6.45, 7) is 8.06. The van der Waals surface area contributed by atoms with E-state index in [0.717, 1.165) is 12.8 Å². The highest BCUT2D eigenvalue weighted by Crippen LogP contribution is 2.27. The van der Waals surface area contributed by atoms with Gasteiger partial charge in [-0.1, -0.05) is 6.92 Å². The Morgan fingerprint density at radius 2 is 2.09 bits per heavy atom. The van der Waals surface area contributed by atoms with E-state index in [1.807, 2.05) is 27.7 Å². The third kappa shape index (κ3) is 4.79. The zero-order valence-electron chi connectivity index (χ0n) is 14.3. The van der Waals surface area contributed by atoms with E-state index >= 15 is 0 Å². The molecule has 0 saturated heterocycles. The lowest BCUT2D eigenvalue weighted by Gasteiger charge is -2.32. The molecule has 0 spiro atoms. The maximum absolute atomic E-state index is 11.6. The fourth-order valence-corrected chi connectivity index (χ4v) is 2.69. The number of carbonyl (C=O) groups is 1. The van der Waals surface area contributed by atoms with Gasteiger partial charge in [-0.3, -0.25) is 4.79 Å². The first-order chi connectivity index (χ1) is 10.7. The highest BCUT2D eigenvalue weighted by molar-refractivity contribution is 5.97. The molecule has 0 aliphatic heterocycles. The minimum atomic E-state index is -0.570. The lowest BCUT2D eigenvalue weighted by atomic mass is 9.85. The third-order valence-electron chi connectivity index (χ3n) is 4.04. The van der Waals surface area contributed by atoms with Crippen LogP contribution < -0.4 is 16.4 Å². The number of primary amides is 1. The molecular weight excluding hydrogens is 294 g/mol. The van der Waals surface area contributed by atoms with Crippen molar-refractivity contribution in [2.45, 2.75) is 64.6 Å². The van der Waals surface area contributed by atoms with Crippen molar-refractivity contribution in [2.24, 2.45) is 11.7 Å². The number of rotatable bonds is 4. The van der Waals surface area contributed by atoms with E-state index in [1.54, 1.807) is 0 Å². The van der Waals surface area contributed by atoms with Gasteiger partial charge >= 0.3 is 0 Å². The highest BCUT2D eigenvalue weighted by Gasteiger charge is 2.27. The Hall–Kier alpha value is -1.89. The molecule has 1 aromatic rings. The van der Waals surface area contributed by atoms with Crippen molar-refractivity contribution in [3.8, 4) is 0 Å². The van der Waals surface area contributed by atoms with Crippen molar-refractivity contribution in [1.82, 2.24) is 9.97 Å². The van der Waals surface area contributed by atoms with Gasteiger partial charge in [0.2, 0.25) is 5.95 Å². The molecule has 1 aliphatic carbocycles. The van der Waals surface area contributed by atoms with Gasteiger partial charge in [-0.25, -0.2) is 4.98 Å². The molecule has 2 rings (SSSR count). The third-order valence-corrected chi connectivity index (χ3v) is 4.04. The Labute approximate surface area is 137 Å². The number of hydrogen-bond donors (Lipinski definition) is 4. The van der Waals surface area contributed by atoms with Crippen LogP contribution in [0.15, 0.2) is 6.20 Å². The van der Waals surface area contributed by atoms with Crippen molar-refractivity contribution in [3.63, 3.8) is 0 Å². The van der Waals surface area contributed by atoms with Crippen LogP contribution in [-0.4, -0.2) is 38.7 Å². The molecule has 1 fully saturated rings. The Bertz CT molecular complexity index is 570. The summed E-state index contributed by atoms with van der Waals surface area (Å²) in [6, 6.07) is 0.0664. The first kappa shape index (κ1) is 17.5. The van der Waals surface area contributed by atoms with Gasteiger partial charge < -0.3 is 21.5 Å². The molecular formula is C16H27N5O2. The van der Waals surface area contributed by atoms with Crippen LogP contribution in [0.1, 0.15) is 57.3 Å². The summed E-state index contributed by atoms with van der Waals surface area (Å²) in [6.07, 6.45) is 3.58. The molecule has 128 valence electrons. The molecule has 0 bridgehead atoms. The van der Waals surface area contributed by atoms with Crippen molar-refractivity contribution in [1.29, 1.82) is 0 Å². The standard InChI is InChI=1S/C16H27N5O2/c1-9-5-6-10(7-12(9)22)19-14-11(13(17)23)8-18-15(20-14)21-16(2,3)4/h8-10,12,22H,5-7H2,1-4H3,(H2,17,23)(H2,18,19,20,21)/t9-,10+,12-/m0/s1. The van der Waals surface area contributed by atoms with Crippen LogP contribution in [0.2, 0.25) is 0 Å². The molecule has 0 aromatic carbocycles. The topological polar surface area (TPSA) is 113 Å². The van der Waals surface area contributed by atoms with Crippen LogP contribution >= 0.6 is 0 Å². The van der Waals surface area contributed by atoms with E-state index in [4.69, 9.17) is 5.73 Å². The SMILES string of the molecule is C[C@H]1CC[C@@H](Nc2nc(NC(C)(C)C)ncc2C(N)=O)C[C@@H]1O. The van der Waals surface area contributed by atoms with Crippen LogP contribution in [0.25, 0.3) is 0 Å². The minimum Gasteiger partial charge on any atom is -0.393 e. The number of aromatic nitrogens is 2. The summed E-state index contributed by atoms with van der Waals surface area (Å²) >= 11 is 0. The number of aliphatic hydroxyl groups is 1. The second-order valence-corrected chi connectivity index (χ2v) is 7.39. The van der Waals surface area contributed by atoms with Gasteiger partial charge in [-0.15, -0.1) is 0 Å². The summed E-state index contributed by atoms with van der Waals surface area (Å²) in [4.78, 5) is 20.2. The maximum atomic E-state index is 11.6. The predicted molar refractivity (Wildman–Crippen MR) is 90.4 cm³/mol. The van der Waals surface area contributed by atoms with Crippen LogP contribution in [0.5, 0.6) is 0 Å². The van der Waals surface area contributed by atoms with E-state index in [2.05, 4.69) is 20.6 Å². The van der Waals surface area contributed by atoms with Gasteiger partial charge in [-0.2, -0.15) is 4.98 Å². The first-order valence-electron chi connectivity index (χ1n) is 8.05. The first-order valence-corrected chi connectivity index (χ1v) is 8.05. The Morgan fingerprint density at radius 3 is 2.65 bits per heavy atom. The summed E-state index contributed by atoms with van der Waals surface area (Å²) in [5, 5.41) is 16.5.